The summed E-state index contributed by atoms with van der Waals surface area (Å²) < 4.78 is 0. The van der Waals surface area contributed by atoms with Crippen molar-refractivity contribution in [2.75, 3.05) is 5.32 Å². The van der Waals surface area contributed by atoms with Gasteiger partial charge in [-0.2, -0.15) is 10.4 Å². The molecule has 0 fully saturated rings. The molecule has 15 heavy (non-hydrogen) atoms. The topological polar surface area (TPSA) is 81.6 Å². The Kier molecular flexibility index (Phi) is 3.86. The number of nitriles is 1. The van der Waals surface area contributed by atoms with Crippen molar-refractivity contribution in [2.45, 2.75) is 26.7 Å². The van der Waals surface area contributed by atoms with E-state index in [0.29, 0.717) is 23.7 Å². The number of H-pyrrole nitrogens is 1. The van der Waals surface area contributed by atoms with Crippen molar-refractivity contribution in [1.82, 2.24) is 10.2 Å². The molecule has 0 radical (unpaired) electrons. The number of aromatic amines is 1. The Hall–Kier alpha value is -1.83. The fourth-order valence-electron chi connectivity index (χ4n) is 1.09. The number of hydrogen-bond donors (Lipinski definition) is 2. The molecule has 1 rings (SSSR count). The minimum Gasteiger partial charge on any atom is -0.310 e. The SMILES string of the molecule is CC(C)CCC(=O)Nc1[nH]ncc1C#N. The molecule has 0 aromatic carbocycles. The summed E-state index contributed by atoms with van der Waals surface area (Å²) >= 11 is 0. The molecule has 5 heteroatoms. The van der Waals surface area contributed by atoms with E-state index in [0.717, 1.165) is 6.42 Å². The van der Waals surface area contributed by atoms with Crippen molar-refractivity contribution in [3.8, 4) is 6.07 Å². The zero-order chi connectivity index (χ0) is 11.3. The number of amides is 1. The number of anilines is 1. The summed E-state index contributed by atoms with van der Waals surface area (Å²) in [4.78, 5) is 11.4. The van der Waals surface area contributed by atoms with E-state index < -0.39 is 0 Å². The highest BCUT2D eigenvalue weighted by atomic mass is 16.1. The molecule has 0 aliphatic carbocycles. The van der Waals surface area contributed by atoms with Gasteiger partial charge in [0.1, 0.15) is 17.5 Å². The van der Waals surface area contributed by atoms with Crippen LogP contribution in [0.4, 0.5) is 5.82 Å². The van der Waals surface area contributed by atoms with Gasteiger partial charge in [0.15, 0.2) is 0 Å². The summed E-state index contributed by atoms with van der Waals surface area (Å²) in [7, 11) is 0. The molecule has 0 aliphatic heterocycles. The lowest BCUT2D eigenvalue weighted by atomic mass is 10.1. The molecule has 80 valence electrons. The predicted octanol–water partition coefficient (Wildman–Crippen LogP) is 1.66. The number of rotatable bonds is 4. The maximum Gasteiger partial charge on any atom is 0.225 e. The van der Waals surface area contributed by atoms with Gasteiger partial charge in [-0.1, -0.05) is 13.8 Å². The second-order valence-corrected chi connectivity index (χ2v) is 3.75. The minimum absolute atomic E-state index is 0.0931. The van der Waals surface area contributed by atoms with E-state index in [1.807, 2.05) is 6.07 Å². The molecular formula is C10H14N4O. The average molecular weight is 206 g/mol. The van der Waals surface area contributed by atoms with Crippen LogP contribution in [0.1, 0.15) is 32.3 Å². The number of nitrogens with one attached hydrogen (secondary N) is 2. The molecule has 0 atom stereocenters. The van der Waals surface area contributed by atoms with Gasteiger partial charge >= 0.3 is 0 Å². The molecule has 0 bridgehead atoms. The van der Waals surface area contributed by atoms with Crippen molar-refractivity contribution < 1.29 is 4.79 Å². The fourth-order valence-corrected chi connectivity index (χ4v) is 1.09. The second kappa shape index (κ2) is 5.15. The molecule has 2 N–H and O–H groups in total. The van der Waals surface area contributed by atoms with Gasteiger partial charge < -0.3 is 5.32 Å². The molecule has 5 nitrogen and oxygen atoms in total. The summed E-state index contributed by atoms with van der Waals surface area (Å²) in [5.41, 5.74) is 0.355. The first-order valence-electron chi connectivity index (χ1n) is 4.86. The molecule has 0 unspecified atom stereocenters. The van der Waals surface area contributed by atoms with Crippen LogP contribution >= 0.6 is 0 Å². The summed E-state index contributed by atoms with van der Waals surface area (Å²) in [5.74, 6) is 0.781. The highest BCUT2D eigenvalue weighted by Crippen LogP contribution is 2.10. The predicted molar refractivity (Wildman–Crippen MR) is 56.0 cm³/mol. The molecule has 0 spiro atoms. The molecule has 1 amide bonds. The van der Waals surface area contributed by atoms with Crippen LogP contribution < -0.4 is 5.32 Å². The fraction of sp³-hybridized carbons (Fsp3) is 0.500. The molecule has 0 saturated carbocycles. The lowest BCUT2D eigenvalue weighted by Crippen LogP contribution is -2.13. The van der Waals surface area contributed by atoms with E-state index >= 15 is 0 Å². The van der Waals surface area contributed by atoms with E-state index in [-0.39, 0.29) is 5.91 Å². The Labute approximate surface area is 88.5 Å². The molecule has 1 aromatic rings. The van der Waals surface area contributed by atoms with Crippen LogP contribution in [0, 0.1) is 17.2 Å². The van der Waals surface area contributed by atoms with E-state index in [2.05, 4.69) is 29.4 Å². The van der Waals surface area contributed by atoms with Crippen LogP contribution in [0.5, 0.6) is 0 Å². The first kappa shape index (κ1) is 11.2. The monoisotopic (exact) mass is 206 g/mol. The van der Waals surface area contributed by atoms with Gasteiger partial charge in [0.05, 0.1) is 6.20 Å². The lowest BCUT2D eigenvalue weighted by molar-refractivity contribution is -0.116. The van der Waals surface area contributed by atoms with Crippen molar-refractivity contribution >= 4 is 11.7 Å². The molecule has 0 aliphatic rings. The normalized spacial score (nSPS) is 10.0. The Balaban J connectivity index is 2.49. The zero-order valence-corrected chi connectivity index (χ0v) is 8.87. The highest BCUT2D eigenvalue weighted by molar-refractivity contribution is 5.90. The Bertz CT molecular complexity index is 375. The van der Waals surface area contributed by atoms with E-state index in [1.54, 1.807) is 0 Å². The Morgan fingerprint density at radius 2 is 2.47 bits per heavy atom. The third kappa shape index (κ3) is 3.43. The van der Waals surface area contributed by atoms with Crippen LogP contribution in [-0.2, 0) is 4.79 Å². The van der Waals surface area contributed by atoms with Crippen LogP contribution in [0.25, 0.3) is 0 Å². The number of aromatic nitrogens is 2. The second-order valence-electron chi connectivity index (χ2n) is 3.75. The largest absolute Gasteiger partial charge is 0.310 e. The average Bonchev–Trinajstić information content (AvgIpc) is 2.62. The van der Waals surface area contributed by atoms with Gasteiger partial charge in [0, 0.05) is 6.42 Å². The Morgan fingerprint density at radius 3 is 3.07 bits per heavy atom. The smallest absolute Gasteiger partial charge is 0.225 e. The lowest BCUT2D eigenvalue weighted by Gasteiger charge is -2.04. The maximum absolute atomic E-state index is 11.4. The van der Waals surface area contributed by atoms with E-state index in [9.17, 15) is 4.79 Å². The summed E-state index contributed by atoms with van der Waals surface area (Å²) in [5, 5.41) is 17.5. The van der Waals surface area contributed by atoms with Crippen molar-refractivity contribution in [2.24, 2.45) is 5.92 Å². The van der Waals surface area contributed by atoms with Gasteiger partial charge in [-0.05, 0) is 12.3 Å². The molecule has 1 heterocycles. The van der Waals surface area contributed by atoms with Gasteiger partial charge in [-0.25, -0.2) is 0 Å². The van der Waals surface area contributed by atoms with E-state index in [4.69, 9.17) is 5.26 Å². The summed E-state index contributed by atoms with van der Waals surface area (Å²) in [6.07, 6.45) is 2.68. The van der Waals surface area contributed by atoms with Crippen molar-refractivity contribution in [1.29, 1.82) is 5.26 Å². The number of hydrogen-bond acceptors (Lipinski definition) is 3. The first-order valence-corrected chi connectivity index (χ1v) is 4.86. The number of carbonyl (C=O) groups is 1. The standard InChI is InChI=1S/C10H14N4O/c1-7(2)3-4-9(15)13-10-8(5-11)6-12-14-10/h6-7H,3-4H2,1-2H3,(H2,12,13,14,15). The van der Waals surface area contributed by atoms with Crippen molar-refractivity contribution in [3.63, 3.8) is 0 Å². The highest BCUT2D eigenvalue weighted by Gasteiger charge is 2.08. The van der Waals surface area contributed by atoms with Gasteiger partial charge in [0.25, 0.3) is 0 Å². The van der Waals surface area contributed by atoms with Crippen LogP contribution in [0.2, 0.25) is 0 Å². The van der Waals surface area contributed by atoms with Gasteiger partial charge in [-0.15, -0.1) is 0 Å². The quantitative estimate of drug-likeness (QED) is 0.785. The molecule has 0 saturated heterocycles. The van der Waals surface area contributed by atoms with Crippen LogP contribution in [0.3, 0.4) is 0 Å². The minimum atomic E-state index is -0.0931. The van der Waals surface area contributed by atoms with Crippen LogP contribution in [0.15, 0.2) is 6.20 Å². The Morgan fingerprint density at radius 1 is 1.73 bits per heavy atom. The summed E-state index contributed by atoms with van der Waals surface area (Å²) in [6, 6.07) is 1.94. The maximum atomic E-state index is 11.4. The first-order chi connectivity index (χ1) is 7.13. The zero-order valence-electron chi connectivity index (χ0n) is 8.87. The van der Waals surface area contributed by atoms with E-state index in [1.165, 1.54) is 6.20 Å². The third-order valence-corrected chi connectivity index (χ3v) is 1.97. The van der Waals surface area contributed by atoms with Gasteiger partial charge in [-0.3, -0.25) is 9.89 Å². The summed E-state index contributed by atoms with van der Waals surface area (Å²) in [6.45, 7) is 4.12. The number of carbonyl (C=O) groups excluding carboxylic acids is 1. The number of nitrogens with zero attached hydrogens (tertiary/aromatic N) is 2. The van der Waals surface area contributed by atoms with Gasteiger partial charge in [0.2, 0.25) is 5.91 Å². The molecule has 1 aromatic heterocycles. The third-order valence-electron chi connectivity index (χ3n) is 1.97. The van der Waals surface area contributed by atoms with Crippen molar-refractivity contribution in [3.05, 3.63) is 11.8 Å². The van der Waals surface area contributed by atoms with Crippen LogP contribution in [-0.4, -0.2) is 16.1 Å². The molecular weight excluding hydrogens is 192 g/mol.